The Labute approximate surface area is 160 Å². The van der Waals surface area contributed by atoms with Gasteiger partial charge in [-0.3, -0.25) is 0 Å². The van der Waals surface area contributed by atoms with Crippen molar-refractivity contribution in [3.05, 3.63) is 108 Å². The van der Waals surface area contributed by atoms with Crippen molar-refractivity contribution in [2.75, 3.05) is 7.11 Å². The average molecular weight is 351 g/mol. The van der Waals surface area contributed by atoms with Crippen LogP contribution in [-0.2, 0) is 10.3 Å². The second-order valence-corrected chi connectivity index (χ2v) is 4.96. The average Bonchev–Trinajstić information content (AvgIpc) is 2.75. The first-order chi connectivity index (χ1) is 12.8. The summed E-state index contributed by atoms with van der Waals surface area (Å²) in [7, 11) is 1.76. The van der Waals surface area contributed by atoms with Gasteiger partial charge in [-0.1, -0.05) is 119 Å². The van der Waals surface area contributed by atoms with E-state index in [4.69, 9.17) is 4.74 Å². The van der Waals surface area contributed by atoms with Gasteiger partial charge in [-0.05, 0) is 23.6 Å². The summed E-state index contributed by atoms with van der Waals surface area (Å²) in [5, 5.41) is 0. The topological polar surface area (TPSA) is 9.23 Å². The number of hydrogen-bond acceptors (Lipinski definition) is 1. The molecule has 0 saturated heterocycles. The third-order valence-corrected chi connectivity index (χ3v) is 3.80. The fraction of sp³-hybridized carbons (Fsp3) is 0.280. The Kier molecular flexibility index (Phi) is 12.6. The van der Waals surface area contributed by atoms with Gasteiger partial charge < -0.3 is 4.74 Å². The zero-order valence-electron chi connectivity index (χ0n) is 17.2. The molecule has 0 aromatic heterocycles. The lowest BCUT2D eigenvalue weighted by molar-refractivity contribution is 0.0577. The van der Waals surface area contributed by atoms with Gasteiger partial charge in [0.25, 0.3) is 0 Å². The van der Waals surface area contributed by atoms with E-state index in [9.17, 15) is 0 Å². The maximum atomic E-state index is 6.11. The summed E-state index contributed by atoms with van der Waals surface area (Å²) in [6.07, 6.45) is 7.86. The van der Waals surface area contributed by atoms with Crippen LogP contribution in [0.25, 0.3) is 0 Å². The molecule has 0 saturated carbocycles. The fourth-order valence-electron chi connectivity index (χ4n) is 2.79. The van der Waals surface area contributed by atoms with E-state index in [1.54, 1.807) is 13.2 Å². The molecule has 0 aliphatic heterocycles. The lowest BCUT2D eigenvalue weighted by Crippen LogP contribution is -2.32. The first kappa shape index (κ1) is 23.6. The van der Waals surface area contributed by atoms with Crippen molar-refractivity contribution in [3.8, 4) is 0 Å². The molecule has 140 valence electrons. The minimum Gasteiger partial charge on any atom is -0.364 e. The molecule has 1 nitrogen and oxygen atoms in total. The van der Waals surface area contributed by atoms with Crippen LogP contribution in [0.1, 0.15) is 45.7 Å². The molecule has 0 bridgehead atoms. The lowest BCUT2D eigenvalue weighted by atomic mass is 9.79. The Morgan fingerprint density at radius 3 is 1.58 bits per heavy atom. The maximum Gasteiger partial charge on any atom is 0.143 e. The van der Waals surface area contributed by atoms with Crippen LogP contribution in [-0.4, -0.2) is 7.11 Å². The molecule has 1 heteroatoms. The molecule has 0 amide bonds. The number of methoxy groups -OCH3 is 1. The van der Waals surface area contributed by atoms with Gasteiger partial charge in [0.05, 0.1) is 0 Å². The monoisotopic (exact) mass is 350 g/mol. The van der Waals surface area contributed by atoms with Gasteiger partial charge in [-0.15, -0.1) is 0 Å². The normalized spacial score (nSPS) is 11.1. The maximum absolute atomic E-state index is 6.11. The highest BCUT2D eigenvalue weighted by Gasteiger charge is 2.36. The van der Waals surface area contributed by atoms with Crippen LogP contribution in [0.3, 0.4) is 0 Å². The Morgan fingerprint density at radius 1 is 0.846 bits per heavy atom. The van der Waals surface area contributed by atoms with Crippen LogP contribution in [0.2, 0.25) is 0 Å². The summed E-state index contributed by atoms with van der Waals surface area (Å²) in [6, 6.07) is 20.6. The van der Waals surface area contributed by atoms with Gasteiger partial charge in [-0.2, -0.15) is 0 Å². The predicted molar refractivity (Wildman–Crippen MR) is 116 cm³/mol. The predicted octanol–water partition coefficient (Wildman–Crippen LogP) is 7.32. The third kappa shape index (κ3) is 5.57. The van der Waals surface area contributed by atoms with Crippen molar-refractivity contribution in [3.63, 3.8) is 0 Å². The first-order valence-corrected chi connectivity index (χ1v) is 9.41. The van der Waals surface area contributed by atoms with Gasteiger partial charge in [0.2, 0.25) is 0 Å². The summed E-state index contributed by atoms with van der Waals surface area (Å²) in [6.45, 7) is 13.8. The summed E-state index contributed by atoms with van der Waals surface area (Å²) in [5.74, 6) is 0. The SMILES string of the molecule is C=C/C=C\C(=C/C)C(OC)(c1ccccc1)c1ccccc1.CC.CC. The molecule has 0 spiro atoms. The first-order valence-electron chi connectivity index (χ1n) is 9.41. The Balaban J connectivity index is 0.00000146. The van der Waals surface area contributed by atoms with Crippen LogP contribution < -0.4 is 0 Å². The Morgan fingerprint density at radius 2 is 1.27 bits per heavy atom. The van der Waals surface area contributed by atoms with Crippen LogP contribution in [0, 0.1) is 0 Å². The zero-order chi connectivity index (χ0) is 19.8. The number of hydrogen-bond donors (Lipinski definition) is 0. The van der Waals surface area contributed by atoms with E-state index < -0.39 is 5.60 Å². The summed E-state index contributed by atoms with van der Waals surface area (Å²) >= 11 is 0. The van der Waals surface area contributed by atoms with E-state index in [0.29, 0.717) is 0 Å². The molecule has 0 unspecified atom stereocenters. The molecule has 0 atom stereocenters. The highest BCUT2D eigenvalue weighted by molar-refractivity contribution is 5.49. The summed E-state index contributed by atoms with van der Waals surface area (Å²) < 4.78 is 6.11. The van der Waals surface area contributed by atoms with Crippen LogP contribution in [0.4, 0.5) is 0 Å². The molecule has 2 aromatic carbocycles. The minimum absolute atomic E-state index is 0.628. The molecular formula is C25H34O. The standard InChI is InChI=1S/C21H22O.2C2H6/c1-4-6-13-18(5-2)21(22-3,19-14-9-7-10-15-19)20-16-11-8-12-17-20;2*1-2/h4-17H,1H2,2-3H3;2*1-2H3/b13-6-,18-5+;;. The Hall–Kier alpha value is -2.38. The van der Waals surface area contributed by atoms with Gasteiger partial charge >= 0.3 is 0 Å². The van der Waals surface area contributed by atoms with E-state index in [1.165, 1.54) is 0 Å². The number of allylic oxidation sites excluding steroid dienone is 3. The lowest BCUT2D eigenvalue weighted by Gasteiger charge is -2.35. The molecule has 0 fully saturated rings. The largest absolute Gasteiger partial charge is 0.364 e. The second kappa shape index (κ2) is 13.9. The molecule has 2 aromatic rings. The van der Waals surface area contributed by atoms with Crippen molar-refractivity contribution in [1.82, 2.24) is 0 Å². The smallest absolute Gasteiger partial charge is 0.143 e. The van der Waals surface area contributed by atoms with E-state index in [-0.39, 0.29) is 0 Å². The van der Waals surface area contributed by atoms with E-state index in [2.05, 4.69) is 43.0 Å². The van der Waals surface area contributed by atoms with Gasteiger partial charge in [0, 0.05) is 7.11 Å². The van der Waals surface area contributed by atoms with Crippen LogP contribution in [0.15, 0.2) is 97.1 Å². The van der Waals surface area contributed by atoms with Crippen LogP contribution >= 0.6 is 0 Å². The van der Waals surface area contributed by atoms with Crippen molar-refractivity contribution < 1.29 is 4.74 Å². The van der Waals surface area contributed by atoms with Gasteiger partial charge in [0.15, 0.2) is 0 Å². The van der Waals surface area contributed by atoms with Crippen molar-refractivity contribution >= 4 is 0 Å². The van der Waals surface area contributed by atoms with Crippen molar-refractivity contribution in [2.45, 2.75) is 40.2 Å². The molecule has 0 radical (unpaired) electrons. The number of benzene rings is 2. The highest BCUT2D eigenvalue weighted by atomic mass is 16.5. The molecule has 0 aliphatic carbocycles. The van der Waals surface area contributed by atoms with Crippen LogP contribution in [0.5, 0.6) is 0 Å². The molecule has 0 aliphatic rings. The second-order valence-electron chi connectivity index (χ2n) is 4.96. The van der Waals surface area contributed by atoms with Gasteiger partial charge in [-0.25, -0.2) is 0 Å². The third-order valence-electron chi connectivity index (χ3n) is 3.80. The number of rotatable bonds is 6. The minimum atomic E-state index is -0.628. The zero-order valence-corrected chi connectivity index (χ0v) is 17.2. The Bertz CT molecular complexity index is 612. The van der Waals surface area contributed by atoms with Crippen molar-refractivity contribution in [1.29, 1.82) is 0 Å². The number of ether oxygens (including phenoxy) is 1. The summed E-state index contributed by atoms with van der Waals surface area (Å²) in [4.78, 5) is 0. The molecule has 2 rings (SSSR count). The summed E-state index contributed by atoms with van der Waals surface area (Å²) in [5.41, 5.74) is 2.65. The van der Waals surface area contributed by atoms with Crippen molar-refractivity contribution in [2.24, 2.45) is 0 Å². The van der Waals surface area contributed by atoms with E-state index in [1.807, 2.05) is 77.1 Å². The molecule has 0 heterocycles. The van der Waals surface area contributed by atoms with E-state index in [0.717, 1.165) is 16.7 Å². The molecule has 0 N–H and O–H groups in total. The van der Waals surface area contributed by atoms with E-state index >= 15 is 0 Å². The molecule has 26 heavy (non-hydrogen) atoms. The molecular weight excluding hydrogens is 316 g/mol. The fourth-order valence-corrected chi connectivity index (χ4v) is 2.79. The van der Waals surface area contributed by atoms with Gasteiger partial charge in [0.1, 0.15) is 5.60 Å². The highest BCUT2D eigenvalue weighted by Crippen LogP contribution is 2.40. The quantitative estimate of drug-likeness (QED) is 0.496.